The van der Waals surface area contributed by atoms with E-state index in [0.29, 0.717) is 49.5 Å². The van der Waals surface area contributed by atoms with E-state index in [-0.39, 0.29) is 12.8 Å². The second kappa shape index (κ2) is 18.8. The van der Waals surface area contributed by atoms with Gasteiger partial charge < -0.3 is 14.2 Å². The van der Waals surface area contributed by atoms with E-state index in [4.69, 9.17) is 14.2 Å². The molecule has 0 aromatic heterocycles. The summed E-state index contributed by atoms with van der Waals surface area (Å²) in [6, 6.07) is 20.4. The maximum Gasteiger partial charge on any atom is 0.425 e. The first-order chi connectivity index (χ1) is 23.6. The zero-order chi connectivity index (χ0) is 35.2. The lowest BCUT2D eigenvalue weighted by Gasteiger charge is -2.27. The number of carbonyl (C=O) groups excluding carboxylic acids is 2. The fraction of sp³-hybridized carbons (Fsp3) is 0.512. The van der Waals surface area contributed by atoms with Crippen LogP contribution in [0.3, 0.4) is 0 Å². The van der Waals surface area contributed by atoms with Gasteiger partial charge >= 0.3 is 18.1 Å². The summed E-state index contributed by atoms with van der Waals surface area (Å²) in [7, 11) is 0. The van der Waals surface area contributed by atoms with Gasteiger partial charge in [-0.05, 0) is 103 Å². The monoisotopic (exact) mass is 680 g/mol. The number of unbranched alkanes of at least 4 members (excludes halogenated alkanes) is 6. The Hall–Kier alpha value is -3.81. The molecule has 0 aliphatic heterocycles. The molecule has 8 heteroatoms. The number of fused-ring (bicyclic) bond motifs is 1. The molecule has 3 unspecified atom stereocenters. The number of carbonyl (C=O) groups is 2. The highest BCUT2D eigenvalue weighted by molar-refractivity contribution is 5.91. The summed E-state index contributed by atoms with van der Waals surface area (Å²) in [4.78, 5) is 25.7. The molecule has 0 saturated carbocycles. The van der Waals surface area contributed by atoms with Crippen LogP contribution in [0.4, 0.5) is 13.2 Å². The van der Waals surface area contributed by atoms with Gasteiger partial charge in [-0.1, -0.05) is 96.0 Å². The first kappa shape index (κ1) is 38.0. The van der Waals surface area contributed by atoms with E-state index in [9.17, 15) is 22.8 Å². The van der Waals surface area contributed by atoms with Crippen LogP contribution in [0, 0.1) is 11.8 Å². The van der Waals surface area contributed by atoms with Gasteiger partial charge in [0.05, 0.1) is 18.1 Å². The third-order valence-corrected chi connectivity index (χ3v) is 9.29. The molecular weight excluding hydrogens is 629 g/mol. The van der Waals surface area contributed by atoms with Gasteiger partial charge in [0.25, 0.3) is 0 Å². The van der Waals surface area contributed by atoms with Crippen molar-refractivity contribution in [2.75, 3.05) is 6.61 Å². The molecule has 0 fully saturated rings. The highest BCUT2D eigenvalue weighted by atomic mass is 19.4. The molecule has 1 aliphatic carbocycles. The molecular formula is C41H51F3O5. The number of halogens is 3. The van der Waals surface area contributed by atoms with Crippen LogP contribution in [-0.2, 0) is 22.4 Å². The topological polar surface area (TPSA) is 61.8 Å². The average Bonchev–Trinajstić information content (AvgIpc) is 3.10. The van der Waals surface area contributed by atoms with Crippen LogP contribution in [-0.4, -0.2) is 30.8 Å². The van der Waals surface area contributed by atoms with Gasteiger partial charge in [0.2, 0.25) is 0 Å². The molecule has 49 heavy (non-hydrogen) atoms. The van der Waals surface area contributed by atoms with Crippen LogP contribution in [0.15, 0.2) is 66.7 Å². The summed E-state index contributed by atoms with van der Waals surface area (Å²) in [6.45, 7) is 7.14. The fourth-order valence-electron chi connectivity index (χ4n) is 6.23. The Morgan fingerprint density at radius 1 is 0.776 bits per heavy atom. The van der Waals surface area contributed by atoms with E-state index < -0.39 is 30.1 Å². The minimum Gasteiger partial charge on any atom is -0.493 e. The highest BCUT2D eigenvalue weighted by Crippen LogP contribution is 2.33. The van der Waals surface area contributed by atoms with E-state index in [0.717, 1.165) is 40.8 Å². The van der Waals surface area contributed by atoms with Crippen molar-refractivity contribution in [2.24, 2.45) is 11.8 Å². The summed E-state index contributed by atoms with van der Waals surface area (Å²) < 4.78 is 57.3. The van der Waals surface area contributed by atoms with E-state index in [1.807, 2.05) is 43.3 Å². The second-order valence-electron chi connectivity index (χ2n) is 13.4. The predicted molar refractivity (Wildman–Crippen MR) is 187 cm³/mol. The van der Waals surface area contributed by atoms with Crippen LogP contribution in [0.2, 0.25) is 0 Å². The van der Waals surface area contributed by atoms with Crippen LogP contribution in [0.1, 0.15) is 113 Å². The first-order valence-corrected chi connectivity index (χ1v) is 18.0. The van der Waals surface area contributed by atoms with E-state index in [1.165, 1.54) is 32.1 Å². The molecule has 0 spiro atoms. The second-order valence-corrected chi connectivity index (χ2v) is 13.4. The summed E-state index contributed by atoms with van der Waals surface area (Å²) in [5.74, 6) is -0.200. The third-order valence-electron chi connectivity index (χ3n) is 9.29. The van der Waals surface area contributed by atoms with Gasteiger partial charge in [0, 0.05) is 0 Å². The number of aryl methyl sites for hydroxylation is 1. The summed E-state index contributed by atoms with van der Waals surface area (Å²) in [5, 5.41) is 0. The standard InChI is InChI=1S/C41H51F3O5/c1-4-6-8-10-12-29(3)28-47-36-23-20-31(21-24-36)30-14-16-32(17-15-30)39(45)48-37-25-22-33-26-35(19-18-34(33)27-37)40(46)49-38(41(42,43)44)13-11-9-7-5-2/h14-17,20-25,27,29,35,38H,4-13,18-19,26,28H2,1-3H3. The van der Waals surface area contributed by atoms with Crippen molar-refractivity contribution in [3.8, 4) is 22.6 Å². The molecule has 0 N–H and O–H groups in total. The minimum atomic E-state index is -4.58. The van der Waals surface area contributed by atoms with Gasteiger partial charge in [0.1, 0.15) is 11.5 Å². The van der Waals surface area contributed by atoms with Crippen molar-refractivity contribution < 1.29 is 37.0 Å². The number of esters is 2. The molecule has 3 aromatic carbocycles. The lowest BCUT2D eigenvalue weighted by Crippen LogP contribution is -2.37. The van der Waals surface area contributed by atoms with Crippen LogP contribution >= 0.6 is 0 Å². The molecule has 266 valence electrons. The van der Waals surface area contributed by atoms with E-state index >= 15 is 0 Å². The van der Waals surface area contributed by atoms with Crippen molar-refractivity contribution in [3.05, 3.63) is 83.4 Å². The number of rotatable bonds is 18. The molecule has 3 aromatic rings. The number of hydrogen-bond acceptors (Lipinski definition) is 5. The molecule has 0 saturated heterocycles. The Bertz CT molecular complexity index is 1470. The largest absolute Gasteiger partial charge is 0.493 e. The summed E-state index contributed by atoms with van der Waals surface area (Å²) >= 11 is 0. The van der Waals surface area contributed by atoms with Crippen molar-refractivity contribution in [1.82, 2.24) is 0 Å². The number of ether oxygens (including phenoxy) is 3. The molecule has 5 nitrogen and oxygen atoms in total. The van der Waals surface area contributed by atoms with Crippen LogP contribution in [0.25, 0.3) is 11.1 Å². The maximum absolute atomic E-state index is 13.5. The van der Waals surface area contributed by atoms with E-state index in [2.05, 4.69) is 13.8 Å². The van der Waals surface area contributed by atoms with Gasteiger partial charge in [-0.2, -0.15) is 13.2 Å². The zero-order valence-corrected chi connectivity index (χ0v) is 29.2. The Balaban J connectivity index is 1.27. The van der Waals surface area contributed by atoms with Crippen molar-refractivity contribution in [1.29, 1.82) is 0 Å². The summed E-state index contributed by atoms with van der Waals surface area (Å²) in [6.07, 6.45) is 3.31. The normalized spacial score (nSPS) is 15.6. The van der Waals surface area contributed by atoms with Gasteiger partial charge in [-0.25, -0.2) is 4.79 Å². The lowest BCUT2D eigenvalue weighted by atomic mass is 9.84. The van der Waals surface area contributed by atoms with Crippen molar-refractivity contribution in [3.63, 3.8) is 0 Å². The molecule has 3 atom stereocenters. The van der Waals surface area contributed by atoms with E-state index in [1.54, 1.807) is 30.3 Å². The van der Waals surface area contributed by atoms with Crippen molar-refractivity contribution in [2.45, 2.75) is 117 Å². The Morgan fingerprint density at radius 2 is 1.39 bits per heavy atom. The molecule has 0 bridgehead atoms. The van der Waals surface area contributed by atoms with Crippen LogP contribution < -0.4 is 9.47 Å². The van der Waals surface area contributed by atoms with Gasteiger partial charge in [-0.15, -0.1) is 0 Å². The van der Waals surface area contributed by atoms with Gasteiger partial charge in [0.15, 0.2) is 6.10 Å². The molecule has 0 radical (unpaired) electrons. The third kappa shape index (κ3) is 11.9. The SMILES string of the molecule is CCCCCCC(C)COc1ccc(-c2ccc(C(=O)Oc3ccc4c(c3)CCC(C(=O)OC(CCCCCC)C(F)(F)F)C4)cc2)cc1. The molecule has 4 rings (SSSR count). The Labute approximate surface area is 289 Å². The number of hydrogen-bond donors (Lipinski definition) is 0. The quantitative estimate of drug-likeness (QED) is 0.0760. The maximum atomic E-state index is 13.5. The smallest absolute Gasteiger partial charge is 0.425 e. The Kier molecular flexibility index (Phi) is 14.6. The number of alkyl halides is 3. The van der Waals surface area contributed by atoms with Crippen molar-refractivity contribution >= 4 is 11.9 Å². The summed E-state index contributed by atoms with van der Waals surface area (Å²) in [5.41, 5.74) is 4.14. The zero-order valence-electron chi connectivity index (χ0n) is 29.2. The Morgan fingerprint density at radius 3 is 2.02 bits per heavy atom. The number of benzene rings is 3. The predicted octanol–water partition coefficient (Wildman–Crippen LogP) is 11.1. The first-order valence-electron chi connectivity index (χ1n) is 18.0. The molecule has 1 aliphatic rings. The lowest BCUT2D eigenvalue weighted by molar-refractivity contribution is -0.225. The van der Waals surface area contributed by atoms with Crippen LogP contribution in [0.5, 0.6) is 11.5 Å². The fourth-order valence-corrected chi connectivity index (χ4v) is 6.23. The highest BCUT2D eigenvalue weighted by Gasteiger charge is 2.43. The average molecular weight is 681 g/mol. The van der Waals surface area contributed by atoms with Gasteiger partial charge in [-0.3, -0.25) is 4.79 Å². The molecule has 0 amide bonds. The minimum absolute atomic E-state index is 0.211. The molecule has 0 heterocycles.